The second kappa shape index (κ2) is 7.41. The number of hydrogen-bond acceptors (Lipinski definition) is 4. The molecule has 1 aromatic heterocycles. The summed E-state index contributed by atoms with van der Waals surface area (Å²) in [5, 5.41) is 10.7. The number of pyridine rings is 1. The molecule has 0 aliphatic carbocycles. The Hall–Kier alpha value is -2.45. The number of carbonyl (C=O) groups is 1. The Labute approximate surface area is 141 Å². The van der Waals surface area contributed by atoms with Crippen molar-refractivity contribution in [3.05, 3.63) is 59.9 Å². The molecule has 1 heterocycles. The van der Waals surface area contributed by atoms with Crippen LogP contribution in [0.25, 0.3) is 0 Å². The van der Waals surface area contributed by atoms with Gasteiger partial charge >= 0.3 is 6.03 Å². The minimum atomic E-state index is -3.72. The quantitative estimate of drug-likeness (QED) is 0.765. The van der Waals surface area contributed by atoms with Crippen molar-refractivity contribution in [2.45, 2.75) is 30.8 Å². The number of primary sulfonamides is 1. The zero-order chi connectivity index (χ0) is 17.7. The van der Waals surface area contributed by atoms with E-state index in [0.717, 1.165) is 11.3 Å². The van der Waals surface area contributed by atoms with E-state index in [1.54, 1.807) is 25.3 Å². The molecule has 2 amide bonds. The smallest absolute Gasteiger partial charge is 0.315 e. The van der Waals surface area contributed by atoms with Gasteiger partial charge in [-0.05, 0) is 43.7 Å². The molecule has 1 aromatic carbocycles. The van der Waals surface area contributed by atoms with Gasteiger partial charge in [0.2, 0.25) is 10.0 Å². The van der Waals surface area contributed by atoms with E-state index in [9.17, 15) is 13.2 Å². The minimum Gasteiger partial charge on any atom is -0.332 e. The third-order valence-corrected chi connectivity index (χ3v) is 4.46. The average Bonchev–Trinajstić information content (AvgIpc) is 2.54. The number of amides is 2. The predicted molar refractivity (Wildman–Crippen MR) is 90.5 cm³/mol. The predicted octanol–water partition coefficient (Wildman–Crippen LogP) is 1.85. The van der Waals surface area contributed by atoms with E-state index in [1.807, 2.05) is 25.1 Å². The standard InChI is InChI=1S/C16H20N4O3S/c1-11(13-6-8-14(9-7-13)24(17,22)23)19-16(21)20-12(2)15-5-3-4-10-18-15/h3-12H,1-2H3,(H2,17,22,23)(H2,19,20,21)/t11-,12-/m0/s1. The molecule has 0 spiro atoms. The Morgan fingerprint density at radius 1 is 1.04 bits per heavy atom. The number of aromatic nitrogens is 1. The normalized spacial score (nSPS) is 13.8. The Morgan fingerprint density at radius 2 is 1.67 bits per heavy atom. The maximum atomic E-state index is 12.1. The number of rotatable bonds is 5. The summed E-state index contributed by atoms with van der Waals surface area (Å²) in [5.74, 6) is 0. The highest BCUT2D eigenvalue weighted by Gasteiger charge is 2.14. The van der Waals surface area contributed by atoms with E-state index in [1.165, 1.54) is 12.1 Å². The molecule has 0 bridgehead atoms. The fraction of sp³-hybridized carbons (Fsp3) is 0.250. The SMILES string of the molecule is C[C@H](NC(=O)N[C@@H](C)c1ccccn1)c1ccc(S(N)(=O)=O)cc1. The third-order valence-electron chi connectivity index (χ3n) is 3.54. The number of sulfonamides is 1. The summed E-state index contributed by atoms with van der Waals surface area (Å²) in [5.41, 5.74) is 1.53. The number of hydrogen-bond donors (Lipinski definition) is 3. The maximum absolute atomic E-state index is 12.1. The van der Waals surface area contributed by atoms with E-state index in [4.69, 9.17) is 5.14 Å². The molecule has 8 heteroatoms. The summed E-state index contributed by atoms with van der Waals surface area (Å²) in [4.78, 5) is 16.3. The topological polar surface area (TPSA) is 114 Å². The molecule has 24 heavy (non-hydrogen) atoms. The van der Waals surface area contributed by atoms with Crippen LogP contribution in [0.5, 0.6) is 0 Å². The molecule has 0 saturated carbocycles. The van der Waals surface area contributed by atoms with Crippen molar-refractivity contribution >= 4 is 16.1 Å². The Kier molecular flexibility index (Phi) is 5.53. The van der Waals surface area contributed by atoms with Crippen LogP contribution in [-0.4, -0.2) is 19.4 Å². The van der Waals surface area contributed by atoms with Crippen LogP contribution < -0.4 is 15.8 Å². The van der Waals surface area contributed by atoms with Crippen molar-refractivity contribution in [2.75, 3.05) is 0 Å². The van der Waals surface area contributed by atoms with Crippen molar-refractivity contribution in [3.63, 3.8) is 0 Å². The van der Waals surface area contributed by atoms with Gasteiger partial charge in [-0.25, -0.2) is 18.4 Å². The van der Waals surface area contributed by atoms with Crippen LogP contribution >= 0.6 is 0 Å². The van der Waals surface area contributed by atoms with Crippen LogP contribution in [0.2, 0.25) is 0 Å². The molecule has 0 fully saturated rings. The molecule has 128 valence electrons. The highest BCUT2D eigenvalue weighted by Crippen LogP contribution is 2.16. The summed E-state index contributed by atoms with van der Waals surface area (Å²) >= 11 is 0. The summed E-state index contributed by atoms with van der Waals surface area (Å²) in [6.45, 7) is 3.64. The monoisotopic (exact) mass is 348 g/mol. The lowest BCUT2D eigenvalue weighted by atomic mass is 10.1. The van der Waals surface area contributed by atoms with Crippen LogP contribution in [0.1, 0.15) is 37.2 Å². The number of benzene rings is 1. The molecule has 0 aliphatic rings. The molecular formula is C16H20N4O3S. The Morgan fingerprint density at radius 3 is 2.21 bits per heavy atom. The Balaban J connectivity index is 1.96. The largest absolute Gasteiger partial charge is 0.332 e. The second-order valence-electron chi connectivity index (χ2n) is 5.43. The highest BCUT2D eigenvalue weighted by atomic mass is 32.2. The molecule has 2 rings (SSSR count). The lowest BCUT2D eigenvalue weighted by Crippen LogP contribution is -2.38. The molecule has 2 aromatic rings. The van der Waals surface area contributed by atoms with Gasteiger partial charge in [0.15, 0.2) is 0 Å². The van der Waals surface area contributed by atoms with Gasteiger partial charge in [0.25, 0.3) is 0 Å². The van der Waals surface area contributed by atoms with Gasteiger partial charge in [-0.1, -0.05) is 18.2 Å². The van der Waals surface area contributed by atoms with Gasteiger partial charge < -0.3 is 10.6 Å². The average molecular weight is 348 g/mol. The van der Waals surface area contributed by atoms with E-state index < -0.39 is 10.0 Å². The fourth-order valence-electron chi connectivity index (χ4n) is 2.17. The van der Waals surface area contributed by atoms with Crippen molar-refractivity contribution in [2.24, 2.45) is 5.14 Å². The molecule has 4 N–H and O–H groups in total. The zero-order valence-electron chi connectivity index (χ0n) is 13.4. The molecule has 0 radical (unpaired) electrons. The molecule has 0 aliphatic heterocycles. The van der Waals surface area contributed by atoms with E-state index in [0.29, 0.717) is 0 Å². The summed E-state index contributed by atoms with van der Waals surface area (Å²) in [7, 11) is -3.72. The number of nitrogens with one attached hydrogen (secondary N) is 2. The van der Waals surface area contributed by atoms with E-state index in [2.05, 4.69) is 15.6 Å². The van der Waals surface area contributed by atoms with Crippen molar-refractivity contribution in [1.29, 1.82) is 0 Å². The lowest BCUT2D eigenvalue weighted by Gasteiger charge is -2.18. The molecule has 0 unspecified atom stereocenters. The first kappa shape index (κ1) is 17.9. The minimum absolute atomic E-state index is 0.0340. The number of urea groups is 1. The fourth-order valence-corrected chi connectivity index (χ4v) is 2.69. The van der Waals surface area contributed by atoms with Crippen molar-refractivity contribution in [1.82, 2.24) is 15.6 Å². The van der Waals surface area contributed by atoms with Crippen LogP contribution in [0.3, 0.4) is 0 Å². The molecule has 7 nitrogen and oxygen atoms in total. The van der Waals surface area contributed by atoms with Gasteiger partial charge in [-0.2, -0.15) is 0 Å². The summed E-state index contributed by atoms with van der Waals surface area (Å²) < 4.78 is 22.5. The van der Waals surface area contributed by atoms with Crippen molar-refractivity contribution in [3.8, 4) is 0 Å². The molecule has 2 atom stereocenters. The third kappa shape index (κ3) is 4.77. The summed E-state index contributed by atoms with van der Waals surface area (Å²) in [6.07, 6.45) is 1.67. The number of nitrogens with zero attached hydrogens (tertiary/aromatic N) is 1. The number of carbonyl (C=O) groups excluding carboxylic acids is 1. The number of nitrogens with two attached hydrogens (primary N) is 1. The first-order chi connectivity index (χ1) is 11.3. The van der Waals surface area contributed by atoms with Crippen molar-refractivity contribution < 1.29 is 13.2 Å². The lowest BCUT2D eigenvalue weighted by molar-refractivity contribution is 0.234. The first-order valence-electron chi connectivity index (χ1n) is 7.38. The van der Waals surface area contributed by atoms with Gasteiger partial charge in [0, 0.05) is 6.20 Å². The van der Waals surface area contributed by atoms with Gasteiger partial charge in [-0.15, -0.1) is 0 Å². The van der Waals surface area contributed by atoms with E-state index in [-0.39, 0.29) is 23.0 Å². The van der Waals surface area contributed by atoms with Crippen LogP contribution in [0, 0.1) is 0 Å². The second-order valence-corrected chi connectivity index (χ2v) is 6.99. The van der Waals surface area contributed by atoms with Crippen LogP contribution in [-0.2, 0) is 10.0 Å². The van der Waals surface area contributed by atoms with Gasteiger partial charge in [0.05, 0.1) is 22.7 Å². The van der Waals surface area contributed by atoms with Gasteiger partial charge in [0.1, 0.15) is 0 Å². The molecule has 0 saturated heterocycles. The van der Waals surface area contributed by atoms with Crippen LogP contribution in [0.4, 0.5) is 4.79 Å². The first-order valence-corrected chi connectivity index (χ1v) is 8.92. The Bertz CT molecular complexity index is 792. The van der Waals surface area contributed by atoms with E-state index >= 15 is 0 Å². The maximum Gasteiger partial charge on any atom is 0.315 e. The van der Waals surface area contributed by atoms with Crippen LogP contribution in [0.15, 0.2) is 53.6 Å². The highest BCUT2D eigenvalue weighted by molar-refractivity contribution is 7.89. The molecular weight excluding hydrogens is 328 g/mol. The zero-order valence-corrected chi connectivity index (χ0v) is 14.2. The summed E-state index contributed by atoms with van der Waals surface area (Å²) in [6, 6.07) is 10.7. The van der Waals surface area contributed by atoms with Gasteiger partial charge in [-0.3, -0.25) is 4.98 Å².